The minimum absolute atomic E-state index is 0.00804. The average molecular weight is 514 g/mol. The summed E-state index contributed by atoms with van der Waals surface area (Å²) >= 11 is 0. The molecule has 35 heavy (non-hydrogen) atoms. The van der Waals surface area contributed by atoms with Gasteiger partial charge in [0, 0.05) is 19.3 Å². The number of sulfonamides is 2. The second-order valence-electron chi connectivity index (χ2n) is 8.26. The van der Waals surface area contributed by atoms with Crippen LogP contribution in [0.4, 0.5) is 11.4 Å². The third-order valence-electron chi connectivity index (χ3n) is 6.11. The number of anilines is 2. The molecular formula is C25H27N3O5S2. The quantitative estimate of drug-likeness (QED) is 0.522. The number of fused-ring (bicyclic) bond motifs is 1. The van der Waals surface area contributed by atoms with Crippen molar-refractivity contribution in [2.24, 2.45) is 0 Å². The van der Waals surface area contributed by atoms with E-state index >= 15 is 0 Å². The number of carbonyl (C=O) groups is 1. The van der Waals surface area contributed by atoms with Crippen LogP contribution in [0.25, 0.3) is 0 Å². The van der Waals surface area contributed by atoms with E-state index in [4.69, 9.17) is 0 Å². The average Bonchev–Trinajstić information content (AvgIpc) is 2.88. The van der Waals surface area contributed by atoms with Gasteiger partial charge in [-0.3, -0.25) is 9.10 Å². The predicted molar refractivity (Wildman–Crippen MR) is 136 cm³/mol. The summed E-state index contributed by atoms with van der Waals surface area (Å²) in [7, 11) is -6.07. The lowest BCUT2D eigenvalue weighted by atomic mass is 9.95. The molecular weight excluding hydrogens is 486 g/mol. The van der Waals surface area contributed by atoms with Gasteiger partial charge in [-0.05, 0) is 54.8 Å². The lowest BCUT2D eigenvalue weighted by molar-refractivity contribution is -0.120. The molecule has 1 amide bonds. The fourth-order valence-corrected chi connectivity index (χ4v) is 6.54. The van der Waals surface area contributed by atoms with Crippen molar-refractivity contribution in [3.05, 3.63) is 90.0 Å². The van der Waals surface area contributed by atoms with Gasteiger partial charge in [0.15, 0.2) is 0 Å². The topological polar surface area (TPSA) is 104 Å². The van der Waals surface area contributed by atoms with Crippen molar-refractivity contribution in [2.75, 3.05) is 22.4 Å². The molecule has 0 fully saturated rings. The summed E-state index contributed by atoms with van der Waals surface area (Å²) in [5.41, 5.74) is 2.55. The van der Waals surface area contributed by atoms with Gasteiger partial charge in [-0.1, -0.05) is 48.5 Å². The molecule has 0 unspecified atom stereocenters. The van der Waals surface area contributed by atoms with Crippen LogP contribution in [0.2, 0.25) is 0 Å². The Bertz CT molecular complexity index is 1440. The molecule has 3 aromatic carbocycles. The van der Waals surface area contributed by atoms with E-state index in [1.54, 1.807) is 43.3 Å². The van der Waals surface area contributed by atoms with E-state index < -0.39 is 32.0 Å². The molecule has 4 rings (SSSR count). The number of benzene rings is 3. The van der Waals surface area contributed by atoms with E-state index in [0.717, 1.165) is 11.1 Å². The summed E-state index contributed by atoms with van der Waals surface area (Å²) in [6, 6.07) is 21.1. The van der Waals surface area contributed by atoms with Crippen LogP contribution in [0, 0.1) is 0 Å². The fourth-order valence-electron chi connectivity index (χ4n) is 4.08. The van der Waals surface area contributed by atoms with Gasteiger partial charge in [0.1, 0.15) is 6.04 Å². The zero-order chi connectivity index (χ0) is 25.2. The van der Waals surface area contributed by atoms with Crippen molar-refractivity contribution < 1.29 is 21.6 Å². The normalized spacial score (nSPS) is 16.3. The standard InChI is InChI=1S/C25H27N3O5S2/c1-3-34(30,31)28-18-20-11-8-7-10-19(20)16-24(28)25(29)26-21-12-9-15-23(17-21)35(32,33)27(2)22-13-5-4-6-14-22/h4-15,17,24H,3,16,18H2,1-2H3,(H,26,29)/t24-/m0/s1. The third kappa shape index (κ3) is 5.09. The highest BCUT2D eigenvalue weighted by molar-refractivity contribution is 7.92. The smallest absolute Gasteiger partial charge is 0.264 e. The van der Waals surface area contributed by atoms with Crippen LogP contribution in [0.5, 0.6) is 0 Å². The maximum Gasteiger partial charge on any atom is 0.264 e. The van der Waals surface area contributed by atoms with Gasteiger partial charge < -0.3 is 5.32 Å². The van der Waals surface area contributed by atoms with Gasteiger partial charge in [0.25, 0.3) is 10.0 Å². The zero-order valence-corrected chi connectivity index (χ0v) is 21.1. The van der Waals surface area contributed by atoms with E-state index in [0.29, 0.717) is 5.69 Å². The first-order valence-corrected chi connectivity index (χ1v) is 14.2. The van der Waals surface area contributed by atoms with E-state index in [1.165, 1.54) is 33.9 Å². The minimum atomic E-state index is -3.88. The molecule has 0 saturated carbocycles. The van der Waals surface area contributed by atoms with Crippen molar-refractivity contribution in [3.8, 4) is 0 Å². The van der Waals surface area contributed by atoms with Crippen LogP contribution >= 0.6 is 0 Å². The van der Waals surface area contributed by atoms with Crippen LogP contribution < -0.4 is 9.62 Å². The molecule has 0 bridgehead atoms. The van der Waals surface area contributed by atoms with Gasteiger partial charge in [-0.25, -0.2) is 16.8 Å². The van der Waals surface area contributed by atoms with Gasteiger partial charge >= 0.3 is 0 Å². The molecule has 1 aliphatic heterocycles. The first-order valence-electron chi connectivity index (χ1n) is 11.1. The van der Waals surface area contributed by atoms with Crippen molar-refractivity contribution in [1.29, 1.82) is 0 Å². The molecule has 184 valence electrons. The summed E-state index contributed by atoms with van der Waals surface area (Å²) in [5.74, 6) is -0.638. The van der Waals surface area contributed by atoms with Crippen molar-refractivity contribution >= 4 is 37.3 Å². The van der Waals surface area contributed by atoms with E-state index in [1.807, 2.05) is 24.3 Å². The van der Waals surface area contributed by atoms with Crippen LogP contribution in [0.3, 0.4) is 0 Å². The predicted octanol–water partition coefficient (Wildman–Crippen LogP) is 3.23. The molecule has 0 aromatic heterocycles. The molecule has 1 atom stereocenters. The molecule has 1 aliphatic rings. The molecule has 10 heteroatoms. The Morgan fingerprint density at radius 2 is 1.60 bits per heavy atom. The summed E-state index contributed by atoms with van der Waals surface area (Å²) in [4.78, 5) is 13.3. The van der Waals surface area contributed by atoms with E-state index in [2.05, 4.69) is 5.32 Å². The number of nitrogens with one attached hydrogen (secondary N) is 1. The SMILES string of the molecule is CCS(=O)(=O)N1Cc2ccccc2C[C@H]1C(=O)Nc1cccc(S(=O)(=O)N(C)c2ccccc2)c1. The number of hydrogen-bond donors (Lipinski definition) is 1. The maximum atomic E-state index is 13.3. The number of hydrogen-bond acceptors (Lipinski definition) is 5. The summed E-state index contributed by atoms with van der Waals surface area (Å²) in [6.07, 6.45) is 0.232. The summed E-state index contributed by atoms with van der Waals surface area (Å²) < 4.78 is 54.3. The van der Waals surface area contributed by atoms with E-state index in [9.17, 15) is 21.6 Å². The van der Waals surface area contributed by atoms with Crippen LogP contribution in [-0.4, -0.2) is 45.9 Å². The largest absolute Gasteiger partial charge is 0.325 e. The Balaban J connectivity index is 1.61. The Kier molecular flexibility index (Phi) is 6.98. The number of nitrogens with zero attached hydrogens (tertiary/aromatic N) is 2. The summed E-state index contributed by atoms with van der Waals surface area (Å²) in [6.45, 7) is 1.66. The third-order valence-corrected chi connectivity index (χ3v) is 9.72. The van der Waals surface area contributed by atoms with Crippen LogP contribution in [-0.2, 0) is 37.8 Å². The number of carbonyl (C=O) groups excluding carboxylic acids is 1. The van der Waals surface area contributed by atoms with Gasteiger partial charge in [0.2, 0.25) is 15.9 Å². The second-order valence-corrected chi connectivity index (χ2v) is 12.4. The zero-order valence-electron chi connectivity index (χ0n) is 19.5. The first kappa shape index (κ1) is 24.9. The molecule has 0 aliphatic carbocycles. The number of amides is 1. The van der Waals surface area contributed by atoms with Crippen molar-refractivity contribution in [2.45, 2.75) is 30.8 Å². The van der Waals surface area contributed by atoms with Crippen LogP contribution in [0.1, 0.15) is 18.1 Å². The first-order chi connectivity index (χ1) is 16.6. The highest BCUT2D eigenvalue weighted by Crippen LogP contribution is 2.28. The fraction of sp³-hybridized carbons (Fsp3) is 0.240. The second kappa shape index (κ2) is 9.80. The van der Waals surface area contributed by atoms with Gasteiger partial charge in [-0.2, -0.15) is 4.31 Å². The van der Waals surface area contributed by atoms with Gasteiger partial charge in [-0.15, -0.1) is 0 Å². The lowest BCUT2D eigenvalue weighted by Crippen LogP contribution is -2.51. The highest BCUT2D eigenvalue weighted by atomic mass is 32.2. The molecule has 0 saturated heterocycles. The Morgan fingerprint density at radius 3 is 2.29 bits per heavy atom. The Labute approximate surface area is 206 Å². The van der Waals surface area contributed by atoms with Crippen molar-refractivity contribution in [1.82, 2.24) is 4.31 Å². The molecule has 0 spiro atoms. The Morgan fingerprint density at radius 1 is 0.943 bits per heavy atom. The van der Waals surface area contributed by atoms with Crippen molar-refractivity contribution in [3.63, 3.8) is 0 Å². The van der Waals surface area contributed by atoms with Gasteiger partial charge in [0.05, 0.1) is 16.3 Å². The molecule has 1 heterocycles. The Hall–Kier alpha value is -3.21. The number of para-hydroxylation sites is 1. The number of rotatable bonds is 7. The maximum absolute atomic E-state index is 13.3. The van der Waals surface area contributed by atoms with E-state index in [-0.39, 0.29) is 29.3 Å². The molecule has 0 radical (unpaired) electrons. The highest BCUT2D eigenvalue weighted by Gasteiger charge is 2.38. The monoisotopic (exact) mass is 513 g/mol. The molecule has 8 nitrogen and oxygen atoms in total. The summed E-state index contributed by atoms with van der Waals surface area (Å²) in [5, 5.41) is 2.73. The lowest BCUT2D eigenvalue weighted by Gasteiger charge is -2.34. The van der Waals surface area contributed by atoms with Crippen LogP contribution in [0.15, 0.2) is 83.8 Å². The molecule has 3 aromatic rings. The molecule has 1 N–H and O–H groups in total. The minimum Gasteiger partial charge on any atom is -0.325 e.